The van der Waals surface area contributed by atoms with Crippen molar-refractivity contribution in [1.29, 1.82) is 0 Å². The summed E-state index contributed by atoms with van der Waals surface area (Å²) in [5.41, 5.74) is 1.28. The van der Waals surface area contributed by atoms with E-state index in [9.17, 15) is 13.2 Å². The summed E-state index contributed by atoms with van der Waals surface area (Å²) in [6.45, 7) is 4.55. The van der Waals surface area contributed by atoms with E-state index in [-0.39, 0.29) is 16.1 Å². The van der Waals surface area contributed by atoms with Crippen LogP contribution in [0.2, 0.25) is 0 Å². The van der Waals surface area contributed by atoms with E-state index in [0.29, 0.717) is 29.9 Å². The molecule has 0 amide bonds. The number of carbonyl (C=O) groups excluding carboxylic acids is 1. The quantitative estimate of drug-likeness (QED) is 0.716. The lowest BCUT2D eigenvalue weighted by Crippen LogP contribution is -2.45. The molecule has 6 nitrogen and oxygen atoms in total. The zero-order valence-electron chi connectivity index (χ0n) is 16.0. The van der Waals surface area contributed by atoms with Crippen molar-refractivity contribution in [3.05, 3.63) is 23.8 Å². The molecule has 1 aromatic rings. The van der Waals surface area contributed by atoms with E-state index in [0.717, 1.165) is 25.9 Å². The standard InChI is InChI=1S/C20H27NO5S/c1-19(12-26-13-19)14-27(23,24)15-3-4-16(18(22)25-2)17(11-15)21-9-7-20(5-6-20)8-10-21/h3-4,11H,5-10,12-14H2,1-2H3. The fraction of sp³-hybridized carbons (Fsp3) is 0.650. The third-order valence-corrected chi connectivity index (χ3v) is 8.34. The van der Waals surface area contributed by atoms with Crippen molar-refractivity contribution in [2.75, 3.05) is 44.1 Å². The molecule has 1 aliphatic carbocycles. The lowest BCUT2D eigenvalue weighted by molar-refractivity contribution is -0.0870. The summed E-state index contributed by atoms with van der Waals surface area (Å²) in [4.78, 5) is 14.7. The number of nitrogens with zero attached hydrogens (tertiary/aromatic N) is 1. The number of hydrogen-bond donors (Lipinski definition) is 0. The number of carbonyl (C=O) groups is 1. The van der Waals surface area contributed by atoms with Crippen LogP contribution >= 0.6 is 0 Å². The maximum absolute atomic E-state index is 12.9. The molecule has 2 heterocycles. The highest BCUT2D eigenvalue weighted by Gasteiger charge is 2.45. The van der Waals surface area contributed by atoms with Crippen molar-refractivity contribution in [3.8, 4) is 0 Å². The lowest BCUT2D eigenvalue weighted by atomic mass is 9.92. The van der Waals surface area contributed by atoms with Crippen LogP contribution in [0.5, 0.6) is 0 Å². The zero-order chi connectivity index (χ0) is 19.3. The van der Waals surface area contributed by atoms with Gasteiger partial charge in [0.15, 0.2) is 9.84 Å². The van der Waals surface area contributed by atoms with Gasteiger partial charge in [-0.1, -0.05) is 6.92 Å². The summed E-state index contributed by atoms with van der Waals surface area (Å²) >= 11 is 0. The van der Waals surface area contributed by atoms with E-state index >= 15 is 0 Å². The number of hydrogen-bond acceptors (Lipinski definition) is 6. The van der Waals surface area contributed by atoms with Gasteiger partial charge in [0.1, 0.15) is 0 Å². The molecular weight excluding hydrogens is 366 g/mol. The third-order valence-electron chi connectivity index (χ3n) is 6.30. The Morgan fingerprint density at radius 2 is 1.85 bits per heavy atom. The number of esters is 1. The van der Waals surface area contributed by atoms with Gasteiger partial charge in [0.2, 0.25) is 0 Å². The molecule has 2 saturated heterocycles. The molecule has 1 aromatic carbocycles. The van der Waals surface area contributed by atoms with Crippen LogP contribution in [0.25, 0.3) is 0 Å². The van der Waals surface area contributed by atoms with Crippen LogP contribution in [0.15, 0.2) is 23.1 Å². The molecule has 3 aliphatic rings. The molecule has 0 radical (unpaired) electrons. The van der Waals surface area contributed by atoms with Gasteiger partial charge in [0, 0.05) is 18.5 Å². The summed E-state index contributed by atoms with van der Waals surface area (Å²) in [7, 11) is -2.11. The summed E-state index contributed by atoms with van der Waals surface area (Å²) in [6.07, 6.45) is 4.78. The second-order valence-electron chi connectivity index (χ2n) is 8.72. The highest BCUT2D eigenvalue weighted by molar-refractivity contribution is 7.91. The van der Waals surface area contributed by atoms with Gasteiger partial charge < -0.3 is 14.4 Å². The molecular formula is C20H27NO5S. The van der Waals surface area contributed by atoms with Gasteiger partial charge in [-0.2, -0.15) is 0 Å². The zero-order valence-corrected chi connectivity index (χ0v) is 16.8. The van der Waals surface area contributed by atoms with Crippen LogP contribution in [0, 0.1) is 10.8 Å². The Morgan fingerprint density at radius 1 is 1.19 bits per heavy atom. The third kappa shape index (κ3) is 3.59. The SMILES string of the molecule is COC(=O)c1ccc(S(=O)(=O)CC2(C)COC2)cc1N1CCC2(CC1)CC2. The van der Waals surface area contributed by atoms with Crippen molar-refractivity contribution >= 4 is 21.5 Å². The first kappa shape index (κ1) is 18.7. The average Bonchev–Trinajstić information content (AvgIpc) is 3.38. The summed E-state index contributed by atoms with van der Waals surface area (Å²) in [5.74, 6) is -0.375. The molecule has 148 valence electrons. The van der Waals surface area contributed by atoms with Gasteiger partial charge in [-0.15, -0.1) is 0 Å². The Morgan fingerprint density at radius 3 is 2.37 bits per heavy atom. The molecule has 3 fully saturated rings. The van der Waals surface area contributed by atoms with Crippen LogP contribution in [0.4, 0.5) is 5.69 Å². The minimum absolute atomic E-state index is 0.0557. The second kappa shape index (κ2) is 6.48. The van der Waals surface area contributed by atoms with Crippen LogP contribution < -0.4 is 4.90 Å². The van der Waals surface area contributed by atoms with Crippen molar-refractivity contribution in [1.82, 2.24) is 0 Å². The first-order chi connectivity index (χ1) is 12.8. The van der Waals surface area contributed by atoms with Gasteiger partial charge >= 0.3 is 5.97 Å². The van der Waals surface area contributed by atoms with E-state index in [1.807, 2.05) is 6.92 Å². The molecule has 0 aromatic heterocycles. The summed E-state index contributed by atoms with van der Waals surface area (Å²) in [5, 5.41) is 0. The Hall–Kier alpha value is -1.60. The Bertz CT molecular complexity index is 845. The first-order valence-corrected chi connectivity index (χ1v) is 11.2. The smallest absolute Gasteiger partial charge is 0.339 e. The average molecular weight is 394 g/mol. The topological polar surface area (TPSA) is 72.9 Å². The minimum Gasteiger partial charge on any atom is -0.465 e. The largest absolute Gasteiger partial charge is 0.465 e. The molecule has 1 spiro atoms. The van der Waals surface area contributed by atoms with Crippen LogP contribution in [-0.2, 0) is 19.3 Å². The Labute approximate surface area is 160 Å². The predicted molar refractivity (Wildman–Crippen MR) is 102 cm³/mol. The van der Waals surface area contributed by atoms with Crippen molar-refractivity contribution in [3.63, 3.8) is 0 Å². The maximum atomic E-state index is 12.9. The minimum atomic E-state index is -3.46. The fourth-order valence-corrected chi connectivity index (χ4v) is 6.04. The molecule has 1 saturated carbocycles. The van der Waals surface area contributed by atoms with Crippen molar-refractivity contribution < 1.29 is 22.7 Å². The lowest BCUT2D eigenvalue weighted by Gasteiger charge is -2.37. The Balaban J connectivity index is 1.64. The molecule has 0 unspecified atom stereocenters. The maximum Gasteiger partial charge on any atom is 0.339 e. The molecule has 7 heteroatoms. The van der Waals surface area contributed by atoms with E-state index in [2.05, 4.69) is 4.90 Å². The van der Waals surface area contributed by atoms with Gasteiger partial charge in [-0.25, -0.2) is 13.2 Å². The first-order valence-electron chi connectivity index (χ1n) is 9.54. The molecule has 27 heavy (non-hydrogen) atoms. The van der Waals surface area contributed by atoms with E-state index in [1.54, 1.807) is 12.1 Å². The van der Waals surface area contributed by atoms with Gasteiger partial charge in [-0.3, -0.25) is 0 Å². The normalized spacial score (nSPS) is 23.0. The number of benzene rings is 1. The summed E-state index contributed by atoms with van der Waals surface area (Å²) in [6, 6.07) is 4.78. The molecule has 0 atom stereocenters. The number of methoxy groups -OCH3 is 1. The van der Waals surface area contributed by atoms with E-state index < -0.39 is 15.8 Å². The number of ether oxygens (including phenoxy) is 2. The van der Waals surface area contributed by atoms with Crippen LogP contribution in [0.3, 0.4) is 0 Å². The molecule has 0 bridgehead atoms. The second-order valence-corrected chi connectivity index (χ2v) is 10.7. The highest BCUT2D eigenvalue weighted by Crippen LogP contribution is 2.54. The monoisotopic (exact) mass is 393 g/mol. The number of piperidine rings is 1. The fourth-order valence-electron chi connectivity index (χ4n) is 4.22. The van der Waals surface area contributed by atoms with Crippen molar-refractivity contribution in [2.24, 2.45) is 10.8 Å². The number of rotatable bonds is 5. The van der Waals surface area contributed by atoms with E-state index in [4.69, 9.17) is 9.47 Å². The Kier molecular flexibility index (Phi) is 4.50. The van der Waals surface area contributed by atoms with Gasteiger partial charge in [0.05, 0.1) is 42.2 Å². The summed E-state index contributed by atoms with van der Waals surface area (Å²) < 4.78 is 36.0. The van der Waals surface area contributed by atoms with Crippen LogP contribution in [0.1, 0.15) is 43.0 Å². The van der Waals surface area contributed by atoms with Crippen LogP contribution in [-0.4, -0.2) is 53.6 Å². The van der Waals surface area contributed by atoms with Gasteiger partial charge in [-0.05, 0) is 49.3 Å². The highest BCUT2D eigenvalue weighted by atomic mass is 32.2. The number of sulfone groups is 1. The number of anilines is 1. The van der Waals surface area contributed by atoms with E-state index in [1.165, 1.54) is 26.0 Å². The predicted octanol–water partition coefficient (Wildman–Crippen LogP) is 2.66. The van der Waals surface area contributed by atoms with Gasteiger partial charge in [0.25, 0.3) is 0 Å². The molecule has 0 N–H and O–H groups in total. The van der Waals surface area contributed by atoms with Crippen molar-refractivity contribution in [2.45, 2.75) is 37.5 Å². The molecule has 4 rings (SSSR count). The molecule has 2 aliphatic heterocycles.